The van der Waals surface area contributed by atoms with Gasteiger partial charge in [-0.2, -0.15) is 0 Å². The summed E-state index contributed by atoms with van der Waals surface area (Å²) < 4.78 is 1.91. The number of aromatic nitrogens is 3. The Morgan fingerprint density at radius 2 is 2.12 bits per heavy atom. The predicted molar refractivity (Wildman–Crippen MR) is 99.1 cm³/mol. The summed E-state index contributed by atoms with van der Waals surface area (Å²) in [6.07, 6.45) is 9.25. The van der Waals surface area contributed by atoms with Crippen LogP contribution in [0, 0.1) is 5.41 Å². The normalized spacial score (nSPS) is 19.8. The average molecular weight is 359 g/mol. The maximum absolute atomic E-state index is 12.3. The highest BCUT2D eigenvalue weighted by molar-refractivity contribution is 7.15. The Morgan fingerprint density at radius 3 is 2.72 bits per heavy atom. The highest BCUT2D eigenvalue weighted by atomic mass is 32.1. The summed E-state index contributed by atoms with van der Waals surface area (Å²) in [5.41, 5.74) is 1.17. The first-order valence-electron chi connectivity index (χ1n) is 9.07. The van der Waals surface area contributed by atoms with Crippen LogP contribution in [-0.2, 0) is 13.5 Å². The second-order valence-electron chi connectivity index (χ2n) is 7.50. The zero-order valence-corrected chi connectivity index (χ0v) is 15.7. The van der Waals surface area contributed by atoms with Gasteiger partial charge in [-0.05, 0) is 38.2 Å². The minimum Gasteiger partial charge on any atom is -0.356 e. The molecular formula is C18H25N5OS. The summed E-state index contributed by atoms with van der Waals surface area (Å²) in [7, 11) is 1.94. The van der Waals surface area contributed by atoms with E-state index in [1.807, 2.05) is 30.1 Å². The van der Waals surface area contributed by atoms with E-state index in [4.69, 9.17) is 0 Å². The van der Waals surface area contributed by atoms with Crippen LogP contribution in [0.5, 0.6) is 0 Å². The third-order valence-electron chi connectivity index (χ3n) is 5.56. The van der Waals surface area contributed by atoms with E-state index in [1.165, 1.54) is 12.8 Å². The van der Waals surface area contributed by atoms with Gasteiger partial charge in [0.25, 0.3) is 5.91 Å². The van der Waals surface area contributed by atoms with E-state index in [1.54, 1.807) is 11.3 Å². The van der Waals surface area contributed by atoms with Gasteiger partial charge in [0.15, 0.2) is 0 Å². The molecule has 0 bridgehead atoms. The first-order chi connectivity index (χ1) is 12.1. The van der Waals surface area contributed by atoms with Crippen molar-refractivity contribution >= 4 is 22.4 Å². The van der Waals surface area contributed by atoms with Gasteiger partial charge in [0.2, 0.25) is 5.13 Å². The lowest BCUT2D eigenvalue weighted by molar-refractivity contribution is 0.0860. The standard InChI is InChI=1S/C18H25N5OS/c1-3-15-20-21-17(25-15)23-11-18(12-23)7-4-14(5-8-18)19-16(24)13-6-9-22(2)10-13/h6,9-10,14H,3-5,7-8,11-12H2,1-2H3,(H,19,24). The molecule has 7 heteroatoms. The lowest BCUT2D eigenvalue weighted by Crippen LogP contribution is -2.59. The number of nitrogens with zero attached hydrogens (tertiary/aromatic N) is 4. The van der Waals surface area contributed by atoms with Crippen LogP contribution in [0.3, 0.4) is 0 Å². The Labute approximate surface area is 152 Å². The van der Waals surface area contributed by atoms with Crippen LogP contribution in [0.4, 0.5) is 5.13 Å². The van der Waals surface area contributed by atoms with E-state index < -0.39 is 0 Å². The van der Waals surface area contributed by atoms with Crippen LogP contribution in [0.2, 0.25) is 0 Å². The number of hydrogen-bond donors (Lipinski definition) is 1. The van der Waals surface area contributed by atoms with Gasteiger partial charge in [0, 0.05) is 44.0 Å². The summed E-state index contributed by atoms with van der Waals surface area (Å²) in [6.45, 7) is 4.29. The first kappa shape index (κ1) is 16.6. The lowest BCUT2D eigenvalue weighted by atomic mass is 9.67. The number of hydrogen-bond acceptors (Lipinski definition) is 5. The molecule has 4 rings (SSSR count). The molecule has 2 aromatic heterocycles. The van der Waals surface area contributed by atoms with Crippen molar-refractivity contribution in [1.29, 1.82) is 0 Å². The minimum atomic E-state index is 0.0535. The molecule has 1 N–H and O–H groups in total. The summed E-state index contributed by atoms with van der Waals surface area (Å²) in [5.74, 6) is 0.0535. The number of amides is 1. The molecule has 1 saturated carbocycles. The van der Waals surface area contributed by atoms with E-state index in [2.05, 4.69) is 27.3 Å². The zero-order valence-electron chi connectivity index (χ0n) is 14.9. The molecule has 1 spiro atoms. The molecule has 6 nitrogen and oxygen atoms in total. The van der Waals surface area contributed by atoms with Gasteiger partial charge >= 0.3 is 0 Å². The Morgan fingerprint density at radius 1 is 1.36 bits per heavy atom. The fourth-order valence-corrected chi connectivity index (χ4v) is 4.79. The Bertz CT molecular complexity index is 751. The Balaban J connectivity index is 1.27. The van der Waals surface area contributed by atoms with Gasteiger partial charge in [-0.15, -0.1) is 10.2 Å². The van der Waals surface area contributed by atoms with Crippen molar-refractivity contribution in [2.24, 2.45) is 12.5 Å². The molecule has 25 heavy (non-hydrogen) atoms. The van der Waals surface area contributed by atoms with Gasteiger partial charge in [-0.3, -0.25) is 4.79 Å². The number of carbonyl (C=O) groups excluding carboxylic acids is 1. The largest absolute Gasteiger partial charge is 0.356 e. The van der Waals surface area contributed by atoms with Crippen LogP contribution >= 0.6 is 11.3 Å². The van der Waals surface area contributed by atoms with E-state index in [0.717, 1.165) is 48.1 Å². The molecule has 2 aliphatic rings. The summed E-state index contributed by atoms with van der Waals surface area (Å²) in [5, 5.41) is 13.9. The van der Waals surface area contributed by atoms with Gasteiger partial charge in [-0.25, -0.2) is 0 Å². The van der Waals surface area contributed by atoms with Gasteiger partial charge < -0.3 is 14.8 Å². The van der Waals surface area contributed by atoms with E-state index in [0.29, 0.717) is 11.5 Å². The minimum absolute atomic E-state index is 0.0535. The Kier molecular flexibility index (Phi) is 4.27. The van der Waals surface area contributed by atoms with Crippen LogP contribution in [0.25, 0.3) is 0 Å². The molecule has 0 unspecified atom stereocenters. The molecule has 2 aromatic rings. The van der Waals surface area contributed by atoms with Gasteiger partial charge in [0.05, 0.1) is 5.56 Å². The number of aryl methyl sites for hydroxylation is 2. The second-order valence-corrected chi connectivity index (χ2v) is 8.54. The second kappa shape index (κ2) is 6.44. The third-order valence-corrected chi connectivity index (χ3v) is 6.69. The highest BCUT2D eigenvalue weighted by Crippen LogP contribution is 2.46. The van der Waals surface area contributed by atoms with E-state index in [9.17, 15) is 4.79 Å². The molecule has 0 radical (unpaired) electrons. The van der Waals surface area contributed by atoms with Gasteiger partial charge in [0.1, 0.15) is 5.01 Å². The molecule has 0 aromatic carbocycles. The molecule has 1 aliphatic carbocycles. The van der Waals surface area contributed by atoms with Crippen molar-refractivity contribution in [2.75, 3.05) is 18.0 Å². The lowest BCUT2D eigenvalue weighted by Gasteiger charge is -2.53. The maximum Gasteiger partial charge on any atom is 0.253 e. The Hall–Kier alpha value is -1.89. The molecule has 1 aliphatic heterocycles. The smallest absolute Gasteiger partial charge is 0.253 e. The van der Waals surface area contributed by atoms with Crippen molar-refractivity contribution in [3.05, 3.63) is 29.0 Å². The summed E-state index contributed by atoms with van der Waals surface area (Å²) in [6, 6.07) is 2.18. The van der Waals surface area contributed by atoms with Crippen molar-refractivity contribution < 1.29 is 4.79 Å². The van der Waals surface area contributed by atoms with Gasteiger partial charge in [-0.1, -0.05) is 18.3 Å². The average Bonchev–Trinajstić information content (AvgIpc) is 3.22. The first-order valence-corrected chi connectivity index (χ1v) is 9.89. The number of carbonyl (C=O) groups is 1. The van der Waals surface area contributed by atoms with Crippen molar-refractivity contribution in [3.63, 3.8) is 0 Å². The molecule has 134 valence electrons. The molecule has 0 atom stereocenters. The van der Waals surface area contributed by atoms with Crippen LogP contribution in [0.1, 0.15) is 48.0 Å². The predicted octanol–water partition coefficient (Wildman–Crippen LogP) is 2.62. The maximum atomic E-state index is 12.3. The van der Waals surface area contributed by atoms with Crippen LogP contribution in [0.15, 0.2) is 18.5 Å². The zero-order chi connectivity index (χ0) is 17.4. The molecular weight excluding hydrogens is 334 g/mol. The monoisotopic (exact) mass is 359 g/mol. The van der Waals surface area contributed by atoms with Crippen LogP contribution in [-0.4, -0.2) is 39.8 Å². The SMILES string of the molecule is CCc1nnc(N2CC3(CCC(NC(=O)c4ccn(C)c4)CC3)C2)s1. The van der Waals surface area contributed by atoms with Crippen molar-refractivity contribution in [2.45, 2.75) is 45.1 Å². The molecule has 3 heterocycles. The number of nitrogens with one attached hydrogen (secondary N) is 1. The van der Waals surface area contributed by atoms with Crippen molar-refractivity contribution in [3.8, 4) is 0 Å². The molecule has 1 saturated heterocycles. The fourth-order valence-electron chi connectivity index (χ4n) is 4.01. The van der Waals surface area contributed by atoms with E-state index in [-0.39, 0.29) is 5.91 Å². The number of rotatable bonds is 4. The molecule has 2 fully saturated rings. The summed E-state index contributed by atoms with van der Waals surface area (Å²) >= 11 is 1.72. The van der Waals surface area contributed by atoms with Crippen molar-refractivity contribution in [1.82, 2.24) is 20.1 Å². The molecule has 1 amide bonds. The van der Waals surface area contributed by atoms with Crippen LogP contribution < -0.4 is 10.2 Å². The summed E-state index contributed by atoms with van der Waals surface area (Å²) in [4.78, 5) is 14.7. The quantitative estimate of drug-likeness (QED) is 0.911. The topological polar surface area (TPSA) is 63.1 Å². The highest BCUT2D eigenvalue weighted by Gasteiger charge is 2.46. The fraction of sp³-hybridized carbons (Fsp3) is 0.611. The third kappa shape index (κ3) is 3.29. The van der Waals surface area contributed by atoms with E-state index >= 15 is 0 Å². The number of anilines is 1.